The summed E-state index contributed by atoms with van der Waals surface area (Å²) in [6.45, 7) is 5.28. The zero-order valence-corrected chi connectivity index (χ0v) is 12.4. The van der Waals surface area contributed by atoms with Crippen LogP contribution in [0.1, 0.15) is 38.7 Å². The third kappa shape index (κ3) is 8.15. The van der Waals surface area contributed by atoms with Crippen LogP contribution in [0.5, 0.6) is 5.75 Å². The molecule has 20 heavy (non-hydrogen) atoms. The summed E-state index contributed by atoms with van der Waals surface area (Å²) in [4.78, 5) is 0. The fourth-order valence-corrected chi connectivity index (χ4v) is 1.69. The summed E-state index contributed by atoms with van der Waals surface area (Å²) in [5.74, 6) is 0.836. The molecule has 0 bridgehead atoms. The van der Waals surface area contributed by atoms with Gasteiger partial charge in [-0.3, -0.25) is 0 Å². The van der Waals surface area contributed by atoms with Gasteiger partial charge >= 0.3 is 0 Å². The van der Waals surface area contributed by atoms with Crippen molar-refractivity contribution in [1.29, 1.82) is 0 Å². The average molecular weight is 282 g/mol. The molecule has 0 aliphatic carbocycles. The molecule has 4 nitrogen and oxygen atoms in total. The summed E-state index contributed by atoms with van der Waals surface area (Å²) < 4.78 is 11.1. The van der Waals surface area contributed by atoms with Crippen molar-refractivity contribution < 1.29 is 19.7 Å². The van der Waals surface area contributed by atoms with Crippen LogP contribution in [0.2, 0.25) is 0 Å². The molecule has 2 N–H and O–H groups in total. The Morgan fingerprint density at radius 2 is 1.60 bits per heavy atom. The van der Waals surface area contributed by atoms with Crippen molar-refractivity contribution in [3.8, 4) is 5.75 Å². The Balaban J connectivity index is 2.19. The van der Waals surface area contributed by atoms with Crippen LogP contribution >= 0.6 is 0 Å². The van der Waals surface area contributed by atoms with Gasteiger partial charge in [-0.1, -0.05) is 12.1 Å². The molecule has 0 fully saturated rings. The Bertz CT molecular complexity index is 311. The molecule has 0 heterocycles. The highest BCUT2D eigenvalue weighted by molar-refractivity contribution is 5.26. The zero-order chi connectivity index (χ0) is 14.8. The average Bonchev–Trinajstić information content (AvgIpc) is 2.41. The van der Waals surface area contributed by atoms with Crippen molar-refractivity contribution in [2.75, 3.05) is 13.2 Å². The number of rotatable bonds is 10. The molecule has 4 heteroatoms. The summed E-state index contributed by atoms with van der Waals surface area (Å²) in [7, 11) is 0. The van der Waals surface area contributed by atoms with Crippen molar-refractivity contribution in [3.05, 3.63) is 29.8 Å². The van der Waals surface area contributed by atoms with E-state index in [0.29, 0.717) is 26.2 Å². The van der Waals surface area contributed by atoms with Gasteiger partial charge in [-0.15, -0.1) is 0 Å². The van der Waals surface area contributed by atoms with Crippen LogP contribution in [-0.2, 0) is 11.3 Å². The number of aliphatic hydroxyl groups excluding tert-OH is 2. The summed E-state index contributed by atoms with van der Waals surface area (Å²) >= 11 is 0. The van der Waals surface area contributed by atoms with Crippen molar-refractivity contribution >= 4 is 0 Å². The molecule has 0 saturated carbocycles. The molecule has 1 aromatic carbocycles. The molecule has 0 radical (unpaired) electrons. The Kier molecular flexibility index (Phi) is 8.26. The molecule has 0 aromatic heterocycles. The minimum Gasteiger partial charge on any atom is -0.494 e. The summed E-state index contributed by atoms with van der Waals surface area (Å²) in [5.41, 5.74) is 1.09. The number of hydrogen-bond donors (Lipinski definition) is 2. The Labute approximate surface area is 121 Å². The number of hydrogen-bond acceptors (Lipinski definition) is 4. The molecule has 0 saturated heterocycles. The predicted octanol–water partition coefficient (Wildman–Crippen LogP) is 2.51. The fraction of sp³-hybridized carbons (Fsp3) is 0.625. The Morgan fingerprint density at radius 1 is 0.950 bits per heavy atom. The lowest BCUT2D eigenvalue weighted by Gasteiger charge is -2.09. The van der Waals surface area contributed by atoms with Crippen molar-refractivity contribution in [2.24, 2.45) is 0 Å². The minimum absolute atomic E-state index is 0.264. The van der Waals surface area contributed by atoms with E-state index in [1.807, 2.05) is 24.3 Å². The largest absolute Gasteiger partial charge is 0.494 e. The van der Waals surface area contributed by atoms with E-state index in [2.05, 4.69) is 0 Å². The van der Waals surface area contributed by atoms with Gasteiger partial charge in [-0.25, -0.2) is 0 Å². The van der Waals surface area contributed by atoms with E-state index in [9.17, 15) is 0 Å². The standard InChI is InChI=1S/C16H26O4/c1-13(17)4-3-10-20-16-7-5-15(6-8-16)12-19-11-9-14(2)18/h5-8,13-14,17-18H,3-4,9-12H2,1-2H3. The maximum absolute atomic E-state index is 9.14. The SMILES string of the molecule is CC(O)CCCOc1ccc(COCCC(C)O)cc1. The molecular formula is C16H26O4. The first-order valence-electron chi connectivity index (χ1n) is 7.23. The first-order valence-corrected chi connectivity index (χ1v) is 7.23. The first-order chi connectivity index (χ1) is 9.58. The molecule has 114 valence electrons. The molecule has 1 aromatic rings. The van der Waals surface area contributed by atoms with E-state index in [0.717, 1.165) is 24.2 Å². The van der Waals surface area contributed by atoms with Gasteiger partial charge in [0.15, 0.2) is 0 Å². The summed E-state index contributed by atoms with van der Waals surface area (Å²) in [5, 5.41) is 18.2. The molecule has 0 aliphatic heterocycles. The van der Waals surface area contributed by atoms with E-state index < -0.39 is 0 Å². The van der Waals surface area contributed by atoms with Crippen LogP contribution in [-0.4, -0.2) is 35.6 Å². The maximum atomic E-state index is 9.14. The van der Waals surface area contributed by atoms with Gasteiger partial charge in [0.25, 0.3) is 0 Å². The highest BCUT2D eigenvalue weighted by atomic mass is 16.5. The normalized spacial score (nSPS) is 14.0. The van der Waals surface area contributed by atoms with Crippen molar-refractivity contribution in [2.45, 2.75) is 51.9 Å². The van der Waals surface area contributed by atoms with Gasteiger partial charge in [0.2, 0.25) is 0 Å². The molecule has 0 amide bonds. The quantitative estimate of drug-likeness (QED) is 0.647. The zero-order valence-electron chi connectivity index (χ0n) is 12.4. The van der Waals surface area contributed by atoms with E-state index in [1.54, 1.807) is 13.8 Å². The van der Waals surface area contributed by atoms with Crippen molar-refractivity contribution in [3.63, 3.8) is 0 Å². The van der Waals surface area contributed by atoms with Gasteiger partial charge < -0.3 is 19.7 Å². The monoisotopic (exact) mass is 282 g/mol. The third-order valence-corrected chi connectivity index (χ3v) is 2.91. The lowest BCUT2D eigenvalue weighted by Crippen LogP contribution is -2.05. The highest BCUT2D eigenvalue weighted by Gasteiger charge is 1.99. The van der Waals surface area contributed by atoms with Crippen molar-refractivity contribution in [1.82, 2.24) is 0 Å². The Hall–Kier alpha value is -1.10. The Morgan fingerprint density at radius 3 is 2.20 bits per heavy atom. The second kappa shape index (κ2) is 9.75. The lowest BCUT2D eigenvalue weighted by atomic mass is 10.2. The van der Waals surface area contributed by atoms with E-state index in [4.69, 9.17) is 19.7 Å². The van der Waals surface area contributed by atoms with Crippen LogP contribution in [0.4, 0.5) is 0 Å². The first kappa shape index (κ1) is 17.0. The third-order valence-electron chi connectivity index (χ3n) is 2.91. The molecule has 0 aliphatic rings. The number of ether oxygens (including phenoxy) is 2. The number of aliphatic hydroxyl groups is 2. The smallest absolute Gasteiger partial charge is 0.119 e. The minimum atomic E-state index is -0.313. The predicted molar refractivity (Wildman–Crippen MR) is 78.8 cm³/mol. The van der Waals surface area contributed by atoms with Crippen LogP contribution in [0, 0.1) is 0 Å². The van der Waals surface area contributed by atoms with Gasteiger partial charge in [-0.2, -0.15) is 0 Å². The van der Waals surface area contributed by atoms with Crippen LogP contribution in [0.3, 0.4) is 0 Å². The van der Waals surface area contributed by atoms with Gasteiger partial charge in [0.05, 0.1) is 25.4 Å². The van der Waals surface area contributed by atoms with E-state index in [1.165, 1.54) is 0 Å². The lowest BCUT2D eigenvalue weighted by molar-refractivity contribution is 0.0801. The van der Waals surface area contributed by atoms with Crippen LogP contribution < -0.4 is 4.74 Å². The second-order valence-electron chi connectivity index (χ2n) is 5.17. The maximum Gasteiger partial charge on any atom is 0.119 e. The molecular weight excluding hydrogens is 256 g/mol. The molecule has 0 spiro atoms. The summed E-state index contributed by atoms with van der Waals surface area (Å²) in [6, 6.07) is 7.81. The topological polar surface area (TPSA) is 58.9 Å². The van der Waals surface area contributed by atoms with Gasteiger partial charge in [-0.05, 0) is 50.8 Å². The van der Waals surface area contributed by atoms with Gasteiger partial charge in [0.1, 0.15) is 5.75 Å². The molecule has 1 rings (SSSR count). The molecule has 2 unspecified atom stereocenters. The highest BCUT2D eigenvalue weighted by Crippen LogP contribution is 2.13. The van der Waals surface area contributed by atoms with E-state index in [-0.39, 0.29) is 12.2 Å². The molecule has 2 atom stereocenters. The summed E-state index contributed by atoms with van der Waals surface area (Å²) in [6.07, 6.45) is 1.69. The number of benzene rings is 1. The van der Waals surface area contributed by atoms with Crippen LogP contribution in [0.15, 0.2) is 24.3 Å². The second-order valence-corrected chi connectivity index (χ2v) is 5.17. The fourth-order valence-electron chi connectivity index (χ4n) is 1.69. The van der Waals surface area contributed by atoms with Crippen LogP contribution in [0.25, 0.3) is 0 Å². The van der Waals surface area contributed by atoms with Gasteiger partial charge in [0, 0.05) is 6.61 Å². The van der Waals surface area contributed by atoms with E-state index >= 15 is 0 Å².